The fourth-order valence-electron chi connectivity index (χ4n) is 4.16. The third-order valence-corrected chi connectivity index (χ3v) is 6.06. The third kappa shape index (κ3) is 4.92. The Morgan fingerprint density at radius 3 is 2.15 bits per heavy atom. The standard InChI is InChI=1S/C17H34N2S/c1-18(2)13-16-7-11-19(12-8-16)14-17(15-20)9-5-3-4-6-10-17/h16,20H,3-15H2,1-2H3. The highest BCUT2D eigenvalue weighted by Gasteiger charge is 2.32. The van der Waals surface area contributed by atoms with Crippen LogP contribution in [0.1, 0.15) is 51.4 Å². The van der Waals surface area contributed by atoms with E-state index >= 15 is 0 Å². The van der Waals surface area contributed by atoms with Gasteiger partial charge in [-0.3, -0.25) is 0 Å². The number of likely N-dealkylation sites (tertiary alicyclic amines) is 1. The van der Waals surface area contributed by atoms with Gasteiger partial charge < -0.3 is 9.80 Å². The lowest BCUT2D eigenvalue weighted by Gasteiger charge is -2.40. The molecule has 0 spiro atoms. The molecule has 0 unspecified atom stereocenters. The summed E-state index contributed by atoms with van der Waals surface area (Å²) in [6.45, 7) is 5.21. The topological polar surface area (TPSA) is 6.48 Å². The summed E-state index contributed by atoms with van der Waals surface area (Å²) < 4.78 is 0. The zero-order valence-electron chi connectivity index (χ0n) is 13.6. The molecule has 0 atom stereocenters. The zero-order valence-corrected chi connectivity index (χ0v) is 14.5. The maximum Gasteiger partial charge on any atom is 0.00458 e. The molecular weight excluding hydrogens is 264 g/mol. The Morgan fingerprint density at radius 2 is 1.65 bits per heavy atom. The van der Waals surface area contributed by atoms with Crippen molar-refractivity contribution in [2.45, 2.75) is 51.4 Å². The van der Waals surface area contributed by atoms with Crippen LogP contribution in [0.25, 0.3) is 0 Å². The first kappa shape index (κ1) is 16.6. The van der Waals surface area contributed by atoms with Crippen LogP contribution in [0.5, 0.6) is 0 Å². The molecule has 20 heavy (non-hydrogen) atoms. The molecular formula is C17H34N2S. The monoisotopic (exact) mass is 298 g/mol. The van der Waals surface area contributed by atoms with Crippen molar-refractivity contribution in [3.63, 3.8) is 0 Å². The summed E-state index contributed by atoms with van der Waals surface area (Å²) in [5.41, 5.74) is 0.522. The van der Waals surface area contributed by atoms with Crippen LogP contribution in [0, 0.1) is 11.3 Å². The van der Waals surface area contributed by atoms with Gasteiger partial charge in [0.25, 0.3) is 0 Å². The van der Waals surface area contributed by atoms with Crippen LogP contribution in [0.3, 0.4) is 0 Å². The van der Waals surface area contributed by atoms with Crippen molar-refractivity contribution in [3.8, 4) is 0 Å². The van der Waals surface area contributed by atoms with E-state index in [0.29, 0.717) is 5.41 Å². The van der Waals surface area contributed by atoms with Crippen molar-refractivity contribution in [2.24, 2.45) is 11.3 Å². The van der Waals surface area contributed by atoms with Crippen LogP contribution >= 0.6 is 12.6 Å². The summed E-state index contributed by atoms with van der Waals surface area (Å²) in [5.74, 6) is 2.01. The predicted octanol–water partition coefficient (Wildman–Crippen LogP) is 3.53. The van der Waals surface area contributed by atoms with E-state index < -0.39 is 0 Å². The minimum absolute atomic E-state index is 0.522. The van der Waals surface area contributed by atoms with E-state index in [0.717, 1.165) is 11.7 Å². The average molecular weight is 299 g/mol. The molecule has 2 nitrogen and oxygen atoms in total. The van der Waals surface area contributed by atoms with Gasteiger partial charge in [0.2, 0.25) is 0 Å². The Bertz CT molecular complexity index is 264. The van der Waals surface area contributed by atoms with Crippen LogP contribution in [-0.2, 0) is 0 Å². The summed E-state index contributed by atoms with van der Waals surface area (Å²) in [7, 11) is 4.40. The molecule has 0 N–H and O–H groups in total. The lowest BCUT2D eigenvalue weighted by Crippen LogP contribution is -2.44. The first-order valence-electron chi connectivity index (χ1n) is 8.61. The van der Waals surface area contributed by atoms with Crippen LogP contribution in [0.15, 0.2) is 0 Å². The lowest BCUT2D eigenvalue weighted by molar-refractivity contribution is 0.103. The Balaban J connectivity index is 1.80. The number of hydrogen-bond donors (Lipinski definition) is 1. The number of hydrogen-bond acceptors (Lipinski definition) is 3. The second-order valence-corrected chi connectivity index (χ2v) is 7.87. The highest BCUT2D eigenvalue weighted by molar-refractivity contribution is 7.80. The van der Waals surface area contributed by atoms with Gasteiger partial charge in [-0.25, -0.2) is 0 Å². The summed E-state index contributed by atoms with van der Waals surface area (Å²) in [5, 5.41) is 0. The molecule has 1 saturated heterocycles. The maximum atomic E-state index is 4.73. The summed E-state index contributed by atoms with van der Waals surface area (Å²) in [6, 6.07) is 0. The molecule has 1 saturated carbocycles. The molecule has 2 aliphatic rings. The number of thiol groups is 1. The Hall–Kier alpha value is 0.270. The predicted molar refractivity (Wildman–Crippen MR) is 91.7 cm³/mol. The zero-order chi connectivity index (χ0) is 14.4. The van der Waals surface area contributed by atoms with Gasteiger partial charge in [0.15, 0.2) is 0 Å². The average Bonchev–Trinajstić information content (AvgIpc) is 2.67. The van der Waals surface area contributed by atoms with Crippen molar-refractivity contribution in [3.05, 3.63) is 0 Å². The molecule has 0 aromatic carbocycles. The molecule has 3 heteroatoms. The van der Waals surface area contributed by atoms with E-state index in [1.165, 1.54) is 77.5 Å². The summed E-state index contributed by atoms with van der Waals surface area (Å²) in [4.78, 5) is 5.09. The molecule has 118 valence electrons. The fourth-order valence-corrected chi connectivity index (χ4v) is 4.58. The van der Waals surface area contributed by atoms with Gasteiger partial charge in [0.05, 0.1) is 0 Å². The minimum atomic E-state index is 0.522. The summed E-state index contributed by atoms with van der Waals surface area (Å²) in [6.07, 6.45) is 11.3. The van der Waals surface area contributed by atoms with Gasteiger partial charge in [0.1, 0.15) is 0 Å². The van der Waals surface area contributed by atoms with Gasteiger partial charge in [-0.2, -0.15) is 12.6 Å². The smallest absolute Gasteiger partial charge is 0.00458 e. The van der Waals surface area contributed by atoms with Crippen molar-refractivity contribution >= 4 is 12.6 Å². The van der Waals surface area contributed by atoms with Crippen LogP contribution in [-0.4, -0.2) is 55.8 Å². The first-order chi connectivity index (χ1) is 9.63. The van der Waals surface area contributed by atoms with Crippen molar-refractivity contribution in [1.29, 1.82) is 0 Å². The summed E-state index contributed by atoms with van der Waals surface area (Å²) >= 11 is 4.73. The first-order valence-corrected chi connectivity index (χ1v) is 9.25. The molecule has 1 aliphatic heterocycles. The maximum absolute atomic E-state index is 4.73. The van der Waals surface area contributed by atoms with Gasteiger partial charge in [-0.05, 0) is 70.0 Å². The number of piperidine rings is 1. The van der Waals surface area contributed by atoms with Crippen molar-refractivity contribution in [2.75, 3.05) is 46.0 Å². The van der Waals surface area contributed by atoms with Gasteiger partial charge in [-0.15, -0.1) is 0 Å². The SMILES string of the molecule is CN(C)CC1CCN(CC2(CS)CCCCCC2)CC1. The second kappa shape index (κ2) is 8.05. The van der Waals surface area contributed by atoms with Crippen molar-refractivity contribution in [1.82, 2.24) is 9.80 Å². The van der Waals surface area contributed by atoms with Crippen LogP contribution < -0.4 is 0 Å². The van der Waals surface area contributed by atoms with E-state index in [2.05, 4.69) is 23.9 Å². The third-order valence-electron chi connectivity index (χ3n) is 5.39. The van der Waals surface area contributed by atoms with E-state index in [1.54, 1.807) is 0 Å². The van der Waals surface area contributed by atoms with Crippen molar-refractivity contribution < 1.29 is 0 Å². The molecule has 1 heterocycles. The number of rotatable bonds is 5. The van der Waals surface area contributed by atoms with Gasteiger partial charge in [-0.1, -0.05) is 25.7 Å². The van der Waals surface area contributed by atoms with Gasteiger partial charge >= 0.3 is 0 Å². The van der Waals surface area contributed by atoms with Crippen LogP contribution in [0.4, 0.5) is 0 Å². The van der Waals surface area contributed by atoms with Crippen LogP contribution in [0.2, 0.25) is 0 Å². The highest BCUT2D eigenvalue weighted by Crippen LogP contribution is 2.37. The molecule has 2 fully saturated rings. The Labute approximate surface area is 131 Å². The molecule has 1 aliphatic carbocycles. The highest BCUT2D eigenvalue weighted by atomic mass is 32.1. The molecule has 0 aromatic heterocycles. The quantitative estimate of drug-likeness (QED) is 0.613. The molecule has 0 aromatic rings. The number of nitrogens with zero attached hydrogens (tertiary/aromatic N) is 2. The van der Waals surface area contributed by atoms with E-state index in [9.17, 15) is 0 Å². The Kier molecular flexibility index (Phi) is 6.70. The largest absolute Gasteiger partial charge is 0.309 e. The molecule has 0 amide bonds. The lowest BCUT2D eigenvalue weighted by atomic mass is 9.81. The minimum Gasteiger partial charge on any atom is -0.309 e. The second-order valence-electron chi connectivity index (χ2n) is 7.55. The van der Waals surface area contributed by atoms with Gasteiger partial charge in [0, 0.05) is 13.1 Å². The normalized spacial score (nSPS) is 25.8. The molecule has 0 bridgehead atoms. The fraction of sp³-hybridized carbons (Fsp3) is 1.00. The van der Waals surface area contributed by atoms with E-state index in [4.69, 9.17) is 12.6 Å². The Morgan fingerprint density at radius 1 is 1.05 bits per heavy atom. The molecule has 0 radical (unpaired) electrons. The van der Waals surface area contributed by atoms with E-state index in [-0.39, 0.29) is 0 Å². The molecule has 2 rings (SSSR count). The van der Waals surface area contributed by atoms with E-state index in [1.807, 2.05) is 0 Å².